The molecule has 7 nitrogen and oxygen atoms in total. The monoisotopic (exact) mass is 494 g/mol. The Balaban J connectivity index is 1.75. The molecule has 4 rings (SSSR count). The summed E-state index contributed by atoms with van der Waals surface area (Å²) >= 11 is 5.90. The summed E-state index contributed by atoms with van der Waals surface area (Å²) in [5.74, 6) is -0.731. The number of methoxy groups -OCH3 is 2. The van der Waals surface area contributed by atoms with Crippen molar-refractivity contribution in [3.63, 3.8) is 0 Å². The molecule has 178 valence electrons. The third-order valence-corrected chi connectivity index (χ3v) is 5.64. The maximum Gasteiger partial charge on any atom is 0.244 e. The van der Waals surface area contributed by atoms with Crippen LogP contribution in [-0.2, 0) is 11.3 Å². The van der Waals surface area contributed by atoms with Crippen molar-refractivity contribution in [1.29, 1.82) is 0 Å². The van der Waals surface area contributed by atoms with E-state index in [9.17, 15) is 18.8 Å². The Morgan fingerprint density at radius 1 is 1.00 bits per heavy atom. The minimum atomic E-state index is -0.636. The fourth-order valence-corrected chi connectivity index (χ4v) is 3.80. The van der Waals surface area contributed by atoms with Gasteiger partial charge in [0.15, 0.2) is 5.78 Å². The quantitative estimate of drug-likeness (QED) is 0.377. The Hall–Kier alpha value is -4.17. The molecule has 35 heavy (non-hydrogen) atoms. The van der Waals surface area contributed by atoms with Gasteiger partial charge in [0.25, 0.3) is 0 Å². The van der Waals surface area contributed by atoms with E-state index in [4.69, 9.17) is 21.1 Å². The Bertz CT molecular complexity index is 1500. The molecule has 0 saturated carbocycles. The van der Waals surface area contributed by atoms with Gasteiger partial charge < -0.3 is 19.4 Å². The molecule has 0 saturated heterocycles. The summed E-state index contributed by atoms with van der Waals surface area (Å²) in [6.45, 7) is -0.260. The van der Waals surface area contributed by atoms with Crippen LogP contribution in [0.25, 0.3) is 10.9 Å². The van der Waals surface area contributed by atoms with Crippen LogP contribution in [0.1, 0.15) is 15.9 Å². The number of pyridine rings is 1. The zero-order valence-electron chi connectivity index (χ0n) is 18.8. The third kappa shape index (κ3) is 5.02. The maximum absolute atomic E-state index is 14.0. The number of halogens is 2. The average molecular weight is 495 g/mol. The molecule has 4 aromatic rings. The van der Waals surface area contributed by atoms with E-state index < -0.39 is 22.9 Å². The van der Waals surface area contributed by atoms with Crippen LogP contribution in [0, 0.1) is 5.82 Å². The summed E-state index contributed by atoms with van der Waals surface area (Å²) < 4.78 is 25.9. The Kier molecular flexibility index (Phi) is 6.84. The number of hydrogen-bond donors (Lipinski definition) is 1. The van der Waals surface area contributed by atoms with E-state index in [1.54, 1.807) is 18.2 Å². The second kappa shape index (κ2) is 9.99. The highest BCUT2D eigenvalue weighted by Crippen LogP contribution is 2.29. The second-order valence-corrected chi connectivity index (χ2v) is 8.05. The lowest BCUT2D eigenvalue weighted by atomic mass is 10.0. The number of ether oxygens (including phenoxy) is 2. The number of nitrogens with zero attached hydrogens (tertiary/aromatic N) is 1. The minimum Gasteiger partial charge on any atom is -0.497 e. The summed E-state index contributed by atoms with van der Waals surface area (Å²) in [6, 6.07) is 14.6. The topological polar surface area (TPSA) is 86.6 Å². The fraction of sp³-hybridized carbons (Fsp3) is 0.115. The van der Waals surface area contributed by atoms with E-state index in [1.165, 1.54) is 61.4 Å². The molecular formula is C26H20ClFN2O5. The number of carbonyl (C=O) groups excluding carboxylic acids is 2. The van der Waals surface area contributed by atoms with Gasteiger partial charge in [0.1, 0.15) is 23.9 Å². The van der Waals surface area contributed by atoms with Crippen molar-refractivity contribution >= 4 is 39.9 Å². The van der Waals surface area contributed by atoms with Gasteiger partial charge in [-0.1, -0.05) is 11.6 Å². The summed E-state index contributed by atoms with van der Waals surface area (Å²) in [7, 11) is 2.97. The molecule has 0 aliphatic carbocycles. The van der Waals surface area contributed by atoms with E-state index in [1.807, 2.05) is 0 Å². The first-order valence-corrected chi connectivity index (χ1v) is 10.8. The zero-order chi connectivity index (χ0) is 25.1. The molecule has 0 spiro atoms. The van der Waals surface area contributed by atoms with Gasteiger partial charge in [-0.25, -0.2) is 4.39 Å². The van der Waals surface area contributed by atoms with E-state index in [0.717, 1.165) is 6.07 Å². The molecule has 0 aliphatic rings. The van der Waals surface area contributed by atoms with Crippen LogP contribution in [0.15, 0.2) is 71.7 Å². The van der Waals surface area contributed by atoms with Crippen LogP contribution < -0.4 is 20.2 Å². The number of rotatable bonds is 7. The summed E-state index contributed by atoms with van der Waals surface area (Å²) in [4.78, 5) is 39.2. The van der Waals surface area contributed by atoms with Crippen LogP contribution in [0.2, 0.25) is 5.02 Å². The number of anilines is 1. The summed E-state index contributed by atoms with van der Waals surface area (Å²) in [5, 5.41) is 3.16. The number of amides is 1. The van der Waals surface area contributed by atoms with Gasteiger partial charge in [-0.15, -0.1) is 0 Å². The van der Waals surface area contributed by atoms with Gasteiger partial charge in [-0.2, -0.15) is 0 Å². The Labute approximate surface area is 204 Å². The van der Waals surface area contributed by atoms with Crippen molar-refractivity contribution in [3.8, 4) is 11.5 Å². The second-order valence-electron chi connectivity index (χ2n) is 7.61. The molecule has 0 unspecified atom stereocenters. The third-order valence-electron chi connectivity index (χ3n) is 5.39. The summed E-state index contributed by atoms with van der Waals surface area (Å²) in [5.41, 5.74) is 0.0876. The van der Waals surface area contributed by atoms with E-state index in [-0.39, 0.29) is 23.1 Å². The van der Waals surface area contributed by atoms with Crippen molar-refractivity contribution in [2.45, 2.75) is 6.54 Å². The lowest BCUT2D eigenvalue weighted by Crippen LogP contribution is -2.24. The molecular weight excluding hydrogens is 475 g/mol. The fourth-order valence-electron chi connectivity index (χ4n) is 3.68. The number of ketones is 1. The molecule has 9 heteroatoms. The first kappa shape index (κ1) is 24.0. The predicted octanol–water partition coefficient (Wildman–Crippen LogP) is 4.68. The van der Waals surface area contributed by atoms with Gasteiger partial charge in [0.2, 0.25) is 11.3 Å². The van der Waals surface area contributed by atoms with Crippen LogP contribution in [-0.4, -0.2) is 30.5 Å². The first-order chi connectivity index (χ1) is 16.8. The van der Waals surface area contributed by atoms with Crippen molar-refractivity contribution in [1.82, 2.24) is 4.57 Å². The smallest absolute Gasteiger partial charge is 0.244 e. The average Bonchev–Trinajstić information content (AvgIpc) is 2.85. The molecule has 0 atom stereocenters. The van der Waals surface area contributed by atoms with Crippen LogP contribution >= 0.6 is 11.6 Å². The Morgan fingerprint density at radius 3 is 2.43 bits per heavy atom. The molecule has 1 N–H and O–H groups in total. The number of fused-ring (bicyclic) bond motifs is 1. The SMILES string of the molecule is COc1ccc(OC)c(NC(=O)Cn2cc(C(=O)c3ccc(Cl)cc3)c(=O)c3cc(F)ccc32)c1. The molecule has 3 aromatic carbocycles. The van der Waals surface area contributed by atoms with Gasteiger partial charge in [0.05, 0.1) is 31.0 Å². The largest absolute Gasteiger partial charge is 0.497 e. The molecule has 1 aromatic heterocycles. The van der Waals surface area contributed by atoms with E-state index in [2.05, 4.69) is 5.32 Å². The Morgan fingerprint density at radius 2 is 1.74 bits per heavy atom. The van der Waals surface area contributed by atoms with Crippen LogP contribution in [0.3, 0.4) is 0 Å². The molecule has 0 aliphatic heterocycles. The zero-order valence-corrected chi connectivity index (χ0v) is 19.6. The van der Waals surface area contributed by atoms with Crippen molar-refractivity contribution in [2.75, 3.05) is 19.5 Å². The maximum atomic E-state index is 14.0. The lowest BCUT2D eigenvalue weighted by Gasteiger charge is -2.15. The normalized spacial score (nSPS) is 10.7. The predicted molar refractivity (Wildman–Crippen MR) is 131 cm³/mol. The standard InChI is InChI=1S/C26H20ClFN2O5/c1-34-18-8-10-23(35-2)21(12-18)29-24(31)14-30-13-20(25(32)15-3-5-16(27)6-4-15)26(33)19-11-17(28)7-9-22(19)30/h3-13H,14H2,1-2H3,(H,29,31). The molecule has 0 radical (unpaired) electrons. The van der Waals surface area contributed by atoms with Gasteiger partial charge >= 0.3 is 0 Å². The van der Waals surface area contributed by atoms with Gasteiger partial charge in [-0.3, -0.25) is 14.4 Å². The van der Waals surface area contributed by atoms with Crippen molar-refractivity contribution < 1.29 is 23.5 Å². The van der Waals surface area contributed by atoms with Gasteiger partial charge in [-0.05, 0) is 54.6 Å². The number of hydrogen-bond acceptors (Lipinski definition) is 5. The van der Waals surface area contributed by atoms with E-state index in [0.29, 0.717) is 27.7 Å². The first-order valence-electron chi connectivity index (χ1n) is 10.5. The summed E-state index contributed by atoms with van der Waals surface area (Å²) in [6.07, 6.45) is 1.31. The number of nitrogens with one attached hydrogen (secondary N) is 1. The highest BCUT2D eigenvalue weighted by molar-refractivity contribution is 6.30. The van der Waals surface area contributed by atoms with Crippen molar-refractivity contribution in [3.05, 3.63) is 99.1 Å². The molecule has 1 amide bonds. The molecule has 0 fully saturated rings. The number of aromatic nitrogens is 1. The number of carbonyl (C=O) groups is 2. The van der Waals surface area contributed by atoms with Crippen LogP contribution in [0.4, 0.5) is 10.1 Å². The minimum absolute atomic E-state index is 0.0171. The molecule has 0 bridgehead atoms. The van der Waals surface area contributed by atoms with E-state index >= 15 is 0 Å². The highest BCUT2D eigenvalue weighted by Gasteiger charge is 2.19. The molecule has 1 heterocycles. The van der Waals surface area contributed by atoms with Crippen LogP contribution in [0.5, 0.6) is 11.5 Å². The highest BCUT2D eigenvalue weighted by atomic mass is 35.5. The number of benzene rings is 3. The van der Waals surface area contributed by atoms with Crippen molar-refractivity contribution in [2.24, 2.45) is 0 Å². The van der Waals surface area contributed by atoms with Gasteiger partial charge in [0, 0.05) is 28.2 Å². The lowest BCUT2D eigenvalue weighted by molar-refractivity contribution is -0.116.